The third-order valence-electron chi connectivity index (χ3n) is 3.17. The first-order valence-electron chi connectivity index (χ1n) is 6.35. The first-order valence-corrected chi connectivity index (χ1v) is 7.23. The largest absolute Gasteiger partial charge is 0.337 e. The van der Waals surface area contributed by atoms with E-state index in [9.17, 15) is 4.79 Å². The van der Waals surface area contributed by atoms with Gasteiger partial charge in [0.1, 0.15) is 0 Å². The maximum atomic E-state index is 12.0. The molecule has 0 saturated heterocycles. The van der Waals surface area contributed by atoms with Gasteiger partial charge in [0.25, 0.3) is 0 Å². The number of likely N-dealkylation sites (N-methyl/N-ethyl adjacent to an activating group) is 1. The van der Waals surface area contributed by atoms with E-state index in [1.807, 2.05) is 19.0 Å². The number of nitrogens with one attached hydrogen (secondary N) is 1. The molecule has 0 fully saturated rings. The van der Waals surface area contributed by atoms with E-state index < -0.39 is 0 Å². The van der Waals surface area contributed by atoms with Crippen LogP contribution in [0.3, 0.4) is 0 Å². The van der Waals surface area contributed by atoms with Gasteiger partial charge in [-0.2, -0.15) is 0 Å². The Balaban J connectivity index is 1.74. The summed E-state index contributed by atoms with van der Waals surface area (Å²) in [6.45, 7) is 3.92. The molecule has 0 aliphatic carbocycles. The summed E-state index contributed by atoms with van der Waals surface area (Å²) in [6, 6.07) is 2.14. The zero-order valence-corrected chi connectivity index (χ0v) is 11.9. The van der Waals surface area contributed by atoms with Gasteiger partial charge < -0.3 is 15.1 Å². The second-order valence-electron chi connectivity index (χ2n) is 4.91. The summed E-state index contributed by atoms with van der Waals surface area (Å²) in [6.07, 6.45) is 1.01. The van der Waals surface area contributed by atoms with Crippen molar-refractivity contribution in [1.82, 2.24) is 15.1 Å². The number of fused-ring (bicyclic) bond motifs is 1. The fourth-order valence-corrected chi connectivity index (χ4v) is 2.96. The molecule has 1 aliphatic heterocycles. The number of carbonyl (C=O) groups excluding carboxylic acids is 1. The molecular weight excluding hydrogens is 246 g/mol. The summed E-state index contributed by atoms with van der Waals surface area (Å²) < 4.78 is 0. The van der Waals surface area contributed by atoms with Crippen molar-refractivity contribution in [2.45, 2.75) is 13.0 Å². The van der Waals surface area contributed by atoms with E-state index in [1.54, 1.807) is 11.3 Å². The number of hydrogen-bond acceptors (Lipinski definition) is 4. The maximum absolute atomic E-state index is 12.0. The highest BCUT2D eigenvalue weighted by Gasteiger charge is 2.20. The van der Waals surface area contributed by atoms with Gasteiger partial charge in [-0.1, -0.05) is 0 Å². The molecule has 1 aromatic heterocycles. The lowest BCUT2D eigenvalue weighted by atomic mass is 10.1. The summed E-state index contributed by atoms with van der Waals surface area (Å²) >= 11 is 1.80. The van der Waals surface area contributed by atoms with Crippen molar-refractivity contribution >= 4 is 17.2 Å². The van der Waals surface area contributed by atoms with Gasteiger partial charge in [-0.15, -0.1) is 11.3 Å². The second kappa shape index (κ2) is 6.31. The van der Waals surface area contributed by atoms with Gasteiger partial charge in [0.15, 0.2) is 0 Å². The molecule has 0 saturated carbocycles. The van der Waals surface area contributed by atoms with Gasteiger partial charge in [0.2, 0.25) is 5.91 Å². The summed E-state index contributed by atoms with van der Waals surface area (Å²) in [4.78, 5) is 17.5. The van der Waals surface area contributed by atoms with E-state index in [2.05, 4.69) is 21.7 Å². The van der Waals surface area contributed by atoms with Crippen molar-refractivity contribution in [1.29, 1.82) is 0 Å². The highest BCUT2D eigenvalue weighted by atomic mass is 32.1. The van der Waals surface area contributed by atoms with Gasteiger partial charge in [-0.3, -0.25) is 4.79 Å². The molecule has 2 rings (SSSR count). The normalized spacial score (nSPS) is 14.9. The van der Waals surface area contributed by atoms with Crippen LogP contribution in [0.2, 0.25) is 0 Å². The van der Waals surface area contributed by atoms with Crippen LogP contribution < -0.4 is 5.32 Å². The predicted molar refractivity (Wildman–Crippen MR) is 74.9 cm³/mol. The molecule has 0 atom stereocenters. The lowest BCUT2D eigenvalue weighted by Crippen LogP contribution is -2.41. The van der Waals surface area contributed by atoms with E-state index in [4.69, 9.17) is 0 Å². The second-order valence-corrected chi connectivity index (χ2v) is 5.92. The minimum Gasteiger partial charge on any atom is -0.337 e. The molecular formula is C13H21N3OS. The molecule has 1 aliphatic rings. The molecule has 1 N–H and O–H groups in total. The van der Waals surface area contributed by atoms with Crippen LogP contribution in [0.15, 0.2) is 11.4 Å². The van der Waals surface area contributed by atoms with Gasteiger partial charge in [-0.05, 0) is 37.5 Å². The summed E-state index contributed by atoms with van der Waals surface area (Å²) in [5.41, 5.74) is 1.33. The minimum atomic E-state index is 0.214. The molecule has 1 amide bonds. The van der Waals surface area contributed by atoms with Gasteiger partial charge >= 0.3 is 0 Å². The zero-order chi connectivity index (χ0) is 13.0. The smallest absolute Gasteiger partial charge is 0.236 e. The zero-order valence-electron chi connectivity index (χ0n) is 11.1. The van der Waals surface area contributed by atoms with Gasteiger partial charge in [0.05, 0.1) is 6.54 Å². The monoisotopic (exact) mass is 267 g/mol. The Morgan fingerprint density at radius 1 is 1.56 bits per heavy atom. The standard InChI is InChI=1S/C13H21N3OS/c1-15(2)7-5-14-9-13(17)16-6-3-12-11(10-16)4-8-18-12/h4,8,14H,3,5-7,9-10H2,1-2H3. The van der Waals surface area contributed by atoms with Crippen molar-refractivity contribution in [3.05, 3.63) is 21.9 Å². The third kappa shape index (κ3) is 3.54. The third-order valence-corrected chi connectivity index (χ3v) is 4.20. The number of rotatable bonds is 5. The highest BCUT2D eigenvalue weighted by molar-refractivity contribution is 7.10. The summed E-state index contributed by atoms with van der Waals surface area (Å²) in [7, 11) is 4.07. The molecule has 0 aromatic carbocycles. The Labute approximate surface area is 113 Å². The summed E-state index contributed by atoms with van der Waals surface area (Å²) in [5, 5.41) is 5.32. The Hall–Kier alpha value is -0.910. The molecule has 1 aromatic rings. The van der Waals surface area contributed by atoms with E-state index in [0.717, 1.165) is 32.6 Å². The SMILES string of the molecule is CN(C)CCNCC(=O)N1CCc2sccc2C1. The lowest BCUT2D eigenvalue weighted by molar-refractivity contribution is -0.131. The first-order chi connectivity index (χ1) is 8.66. The lowest BCUT2D eigenvalue weighted by Gasteiger charge is -2.27. The molecule has 0 spiro atoms. The van der Waals surface area contributed by atoms with Crippen molar-refractivity contribution in [3.8, 4) is 0 Å². The Kier molecular flexibility index (Phi) is 4.74. The van der Waals surface area contributed by atoms with Gasteiger partial charge in [0, 0.05) is 31.1 Å². The average molecular weight is 267 g/mol. The highest BCUT2D eigenvalue weighted by Crippen LogP contribution is 2.23. The number of hydrogen-bond donors (Lipinski definition) is 1. The van der Waals surface area contributed by atoms with E-state index in [0.29, 0.717) is 6.54 Å². The van der Waals surface area contributed by atoms with Crippen LogP contribution in [0, 0.1) is 0 Å². The Morgan fingerprint density at radius 3 is 3.17 bits per heavy atom. The molecule has 100 valence electrons. The maximum Gasteiger partial charge on any atom is 0.236 e. The van der Waals surface area contributed by atoms with Crippen LogP contribution in [0.5, 0.6) is 0 Å². The first kappa shape index (κ1) is 13.5. The molecule has 5 heteroatoms. The molecule has 2 heterocycles. The van der Waals surface area contributed by atoms with Gasteiger partial charge in [-0.25, -0.2) is 0 Å². The van der Waals surface area contributed by atoms with Crippen LogP contribution >= 0.6 is 11.3 Å². The molecule has 18 heavy (non-hydrogen) atoms. The molecule has 4 nitrogen and oxygen atoms in total. The van der Waals surface area contributed by atoms with E-state index >= 15 is 0 Å². The Bertz CT molecular complexity index is 403. The van der Waals surface area contributed by atoms with Crippen LogP contribution in [0.4, 0.5) is 0 Å². The van der Waals surface area contributed by atoms with E-state index in [1.165, 1.54) is 10.4 Å². The van der Waals surface area contributed by atoms with Crippen LogP contribution in [-0.4, -0.2) is 56.0 Å². The van der Waals surface area contributed by atoms with Crippen molar-refractivity contribution in [3.63, 3.8) is 0 Å². The van der Waals surface area contributed by atoms with Crippen molar-refractivity contribution in [2.75, 3.05) is 40.3 Å². The molecule has 0 radical (unpaired) electrons. The number of nitrogens with zero attached hydrogens (tertiary/aromatic N) is 2. The number of amides is 1. The van der Waals surface area contributed by atoms with Crippen LogP contribution in [0.25, 0.3) is 0 Å². The fraction of sp³-hybridized carbons (Fsp3) is 0.615. The van der Waals surface area contributed by atoms with Crippen molar-refractivity contribution < 1.29 is 4.79 Å². The quantitative estimate of drug-likeness (QED) is 0.801. The van der Waals surface area contributed by atoms with Crippen LogP contribution in [0.1, 0.15) is 10.4 Å². The number of carbonyl (C=O) groups is 1. The van der Waals surface area contributed by atoms with Crippen molar-refractivity contribution in [2.24, 2.45) is 0 Å². The Morgan fingerprint density at radius 2 is 2.39 bits per heavy atom. The van der Waals surface area contributed by atoms with E-state index in [-0.39, 0.29) is 5.91 Å². The fourth-order valence-electron chi connectivity index (χ4n) is 2.07. The average Bonchev–Trinajstić information content (AvgIpc) is 2.81. The minimum absolute atomic E-state index is 0.214. The topological polar surface area (TPSA) is 35.6 Å². The molecule has 0 bridgehead atoms. The summed E-state index contributed by atoms with van der Waals surface area (Å²) in [5.74, 6) is 0.214. The molecule has 0 unspecified atom stereocenters. The van der Waals surface area contributed by atoms with Crippen LogP contribution in [-0.2, 0) is 17.8 Å². The number of thiophene rings is 1. The predicted octanol–water partition coefficient (Wildman–Crippen LogP) is 0.784.